The lowest BCUT2D eigenvalue weighted by Crippen LogP contribution is -2.38. The molecule has 0 bridgehead atoms. The van der Waals surface area contributed by atoms with Crippen molar-refractivity contribution >= 4 is 29.9 Å². The average Bonchev–Trinajstić information content (AvgIpc) is 2.41. The summed E-state index contributed by atoms with van der Waals surface area (Å²) in [5, 5.41) is 6.54. The van der Waals surface area contributed by atoms with Crippen LogP contribution in [0.15, 0.2) is 29.3 Å². The van der Waals surface area contributed by atoms with Crippen molar-refractivity contribution < 1.29 is 4.74 Å². The van der Waals surface area contributed by atoms with E-state index in [1.54, 1.807) is 7.05 Å². The second kappa shape index (κ2) is 11.8. The van der Waals surface area contributed by atoms with Gasteiger partial charge in [0.15, 0.2) is 5.96 Å². The minimum Gasteiger partial charge on any atom is -0.379 e. The number of nitrogens with one attached hydrogen (secondary N) is 2. The van der Waals surface area contributed by atoms with E-state index in [1.807, 2.05) is 0 Å². The van der Waals surface area contributed by atoms with E-state index in [0.717, 1.165) is 25.7 Å². The van der Waals surface area contributed by atoms with E-state index < -0.39 is 0 Å². The largest absolute Gasteiger partial charge is 0.379 e. The van der Waals surface area contributed by atoms with Crippen molar-refractivity contribution in [1.29, 1.82) is 0 Å². The fraction of sp³-hybridized carbons (Fsp3) is 0.562. The number of ether oxygens (including phenoxy) is 1. The number of nitrogens with zero attached hydrogens (tertiary/aromatic N) is 1. The first-order valence-electron chi connectivity index (χ1n) is 7.19. The Bertz CT molecular complexity index is 422. The monoisotopic (exact) mass is 405 g/mol. The molecule has 0 saturated carbocycles. The normalized spacial score (nSPS) is 11.2. The van der Waals surface area contributed by atoms with Gasteiger partial charge in [-0.1, -0.05) is 43.7 Å². The van der Waals surface area contributed by atoms with Gasteiger partial charge in [-0.3, -0.25) is 4.99 Å². The fourth-order valence-electron chi connectivity index (χ4n) is 1.79. The van der Waals surface area contributed by atoms with Gasteiger partial charge in [0.2, 0.25) is 0 Å². The van der Waals surface area contributed by atoms with E-state index in [-0.39, 0.29) is 24.0 Å². The summed E-state index contributed by atoms with van der Waals surface area (Å²) in [5.74, 6) is 1.38. The summed E-state index contributed by atoms with van der Waals surface area (Å²) in [7, 11) is 1.78. The van der Waals surface area contributed by atoms with Crippen LogP contribution in [0.3, 0.4) is 0 Å². The van der Waals surface area contributed by atoms with Crippen LogP contribution in [0.2, 0.25) is 0 Å². The molecule has 0 atom stereocenters. The van der Waals surface area contributed by atoms with Gasteiger partial charge in [0.1, 0.15) is 0 Å². The summed E-state index contributed by atoms with van der Waals surface area (Å²) in [5.41, 5.74) is 2.53. The minimum atomic E-state index is 0. The molecule has 4 nitrogen and oxygen atoms in total. The van der Waals surface area contributed by atoms with Crippen LogP contribution in [0.5, 0.6) is 0 Å². The van der Waals surface area contributed by atoms with Crippen molar-refractivity contribution in [3.63, 3.8) is 0 Å². The number of hydrogen-bond acceptors (Lipinski definition) is 2. The van der Waals surface area contributed by atoms with Gasteiger partial charge in [0, 0.05) is 26.7 Å². The molecule has 1 aromatic carbocycles. The van der Waals surface area contributed by atoms with Crippen LogP contribution in [0.25, 0.3) is 0 Å². The lowest BCUT2D eigenvalue weighted by atomic mass is 10.1. The summed E-state index contributed by atoms with van der Waals surface area (Å²) in [4.78, 5) is 4.20. The zero-order chi connectivity index (χ0) is 14.8. The van der Waals surface area contributed by atoms with Gasteiger partial charge >= 0.3 is 0 Å². The van der Waals surface area contributed by atoms with Crippen molar-refractivity contribution in [3.05, 3.63) is 35.4 Å². The third-order valence-corrected chi connectivity index (χ3v) is 2.76. The number of aryl methyl sites for hydroxylation is 1. The highest BCUT2D eigenvalue weighted by atomic mass is 127. The third kappa shape index (κ3) is 9.68. The standard InChI is InChI=1S/C16H27N3O.HI/c1-13(2)12-20-9-8-18-16(17-4)19-11-15-7-5-6-14(3)10-15;/h5-7,10,13H,8-9,11-12H2,1-4H3,(H2,17,18,19);1H. The van der Waals surface area contributed by atoms with Crippen LogP contribution in [0.4, 0.5) is 0 Å². The molecule has 0 aliphatic carbocycles. The first kappa shape index (κ1) is 20.2. The van der Waals surface area contributed by atoms with Gasteiger partial charge in [0.05, 0.1) is 6.61 Å². The molecule has 5 heteroatoms. The quantitative estimate of drug-likeness (QED) is 0.317. The maximum absolute atomic E-state index is 5.52. The molecule has 0 fully saturated rings. The number of benzene rings is 1. The summed E-state index contributed by atoms with van der Waals surface area (Å²) < 4.78 is 5.52. The van der Waals surface area contributed by atoms with E-state index in [0.29, 0.717) is 12.5 Å². The van der Waals surface area contributed by atoms with Gasteiger partial charge in [0.25, 0.3) is 0 Å². The average molecular weight is 405 g/mol. The molecule has 0 radical (unpaired) electrons. The smallest absolute Gasteiger partial charge is 0.191 e. The molecule has 0 unspecified atom stereocenters. The molecule has 0 aromatic heterocycles. The highest BCUT2D eigenvalue weighted by Gasteiger charge is 1.99. The summed E-state index contributed by atoms with van der Waals surface area (Å²) in [6.07, 6.45) is 0. The Balaban J connectivity index is 0.00000400. The second-order valence-electron chi connectivity index (χ2n) is 5.31. The number of halogens is 1. The van der Waals surface area contributed by atoms with Crippen LogP contribution in [0.1, 0.15) is 25.0 Å². The first-order valence-corrected chi connectivity index (χ1v) is 7.19. The first-order chi connectivity index (χ1) is 9.61. The lowest BCUT2D eigenvalue weighted by Gasteiger charge is -2.13. The van der Waals surface area contributed by atoms with E-state index in [1.165, 1.54) is 11.1 Å². The molecule has 0 aliphatic rings. The Kier molecular flexibility index (Phi) is 11.3. The Morgan fingerprint density at radius 1 is 1.29 bits per heavy atom. The molecule has 120 valence electrons. The Morgan fingerprint density at radius 3 is 2.67 bits per heavy atom. The van der Waals surface area contributed by atoms with Crippen molar-refractivity contribution in [1.82, 2.24) is 10.6 Å². The van der Waals surface area contributed by atoms with E-state index in [2.05, 4.69) is 60.7 Å². The maximum Gasteiger partial charge on any atom is 0.191 e. The lowest BCUT2D eigenvalue weighted by molar-refractivity contribution is 0.114. The van der Waals surface area contributed by atoms with Crippen LogP contribution >= 0.6 is 24.0 Å². The van der Waals surface area contributed by atoms with Crippen LogP contribution in [0, 0.1) is 12.8 Å². The predicted octanol–water partition coefficient (Wildman–Crippen LogP) is 2.95. The summed E-state index contributed by atoms with van der Waals surface area (Å²) >= 11 is 0. The molecule has 0 heterocycles. The van der Waals surface area contributed by atoms with Crippen molar-refractivity contribution in [3.8, 4) is 0 Å². The van der Waals surface area contributed by atoms with Crippen LogP contribution < -0.4 is 10.6 Å². The van der Waals surface area contributed by atoms with Gasteiger partial charge < -0.3 is 15.4 Å². The molecule has 1 aromatic rings. The third-order valence-electron chi connectivity index (χ3n) is 2.76. The van der Waals surface area contributed by atoms with Crippen LogP contribution in [-0.2, 0) is 11.3 Å². The topological polar surface area (TPSA) is 45.7 Å². The summed E-state index contributed by atoms with van der Waals surface area (Å²) in [6, 6.07) is 8.45. The van der Waals surface area contributed by atoms with Gasteiger partial charge in [-0.05, 0) is 18.4 Å². The molecule has 0 saturated heterocycles. The highest BCUT2D eigenvalue weighted by Crippen LogP contribution is 2.02. The van der Waals surface area contributed by atoms with Gasteiger partial charge in [-0.25, -0.2) is 0 Å². The van der Waals surface area contributed by atoms with Gasteiger partial charge in [-0.2, -0.15) is 0 Å². The van der Waals surface area contributed by atoms with E-state index in [4.69, 9.17) is 4.74 Å². The predicted molar refractivity (Wildman–Crippen MR) is 100 cm³/mol. The fourth-order valence-corrected chi connectivity index (χ4v) is 1.79. The number of hydrogen-bond donors (Lipinski definition) is 2. The number of guanidine groups is 1. The van der Waals surface area contributed by atoms with Gasteiger partial charge in [-0.15, -0.1) is 24.0 Å². The van der Waals surface area contributed by atoms with E-state index >= 15 is 0 Å². The Labute approximate surface area is 145 Å². The van der Waals surface area contributed by atoms with E-state index in [9.17, 15) is 0 Å². The molecule has 0 spiro atoms. The maximum atomic E-state index is 5.52. The van der Waals surface area contributed by atoms with Crippen LogP contribution in [-0.4, -0.2) is 32.8 Å². The molecule has 2 N–H and O–H groups in total. The molecule has 21 heavy (non-hydrogen) atoms. The molecule has 0 aliphatic heterocycles. The van der Waals surface area contributed by atoms with Crippen molar-refractivity contribution in [2.24, 2.45) is 10.9 Å². The number of rotatable bonds is 7. The van der Waals surface area contributed by atoms with Crippen molar-refractivity contribution in [2.75, 3.05) is 26.8 Å². The summed E-state index contributed by atoms with van der Waals surface area (Å²) in [6.45, 7) is 9.43. The SMILES string of the molecule is CN=C(NCCOCC(C)C)NCc1cccc(C)c1.I. The number of aliphatic imine (C=N–C) groups is 1. The second-order valence-corrected chi connectivity index (χ2v) is 5.31. The zero-order valence-corrected chi connectivity index (χ0v) is 15.8. The Hall–Kier alpha value is -0.820. The highest BCUT2D eigenvalue weighted by molar-refractivity contribution is 14.0. The Morgan fingerprint density at radius 2 is 2.05 bits per heavy atom. The molecule has 0 amide bonds. The minimum absolute atomic E-state index is 0. The zero-order valence-electron chi connectivity index (χ0n) is 13.5. The molecule has 1 rings (SSSR count). The van der Waals surface area contributed by atoms with Crippen molar-refractivity contribution in [2.45, 2.75) is 27.3 Å². The molecular weight excluding hydrogens is 377 g/mol. The molecular formula is C16H28IN3O.